The first-order valence-corrected chi connectivity index (χ1v) is 4.52. The minimum Gasteiger partial charge on any atom is -0.493 e. The van der Waals surface area contributed by atoms with Gasteiger partial charge in [0.05, 0.1) is 13.7 Å². The fraction of sp³-hybridized carbons (Fsp3) is 0.200. The Morgan fingerprint density at radius 1 is 1.47 bits per heavy atom. The number of hydrogen-bond donors (Lipinski definition) is 1. The first-order chi connectivity index (χ1) is 7.40. The lowest BCUT2D eigenvalue weighted by Gasteiger charge is -2.07. The van der Waals surface area contributed by atoms with Crippen molar-refractivity contribution in [1.29, 1.82) is 0 Å². The topological polar surface area (TPSA) is 60.2 Å². The van der Waals surface area contributed by atoms with E-state index < -0.39 is 0 Å². The lowest BCUT2D eigenvalue weighted by Crippen LogP contribution is -2.03. The van der Waals surface area contributed by atoms with E-state index in [2.05, 4.69) is 15.5 Å². The number of nitrogens with one attached hydrogen (secondary N) is 1. The minimum absolute atomic E-state index is 0.559. The van der Waals surface area contributed by atoms with Crippen molar-refractivity contribution in [3.63, 3.8) is 0 Å². The van der Waals surface area contributed by atoms with E-state index in [0.717, 1.165) is 5.69 Å². The molecule has 2 aromatic rings. The second-order valence-corrected chi connectivity index (χ2v) is 2.90. The summed E-state index contributed by atoms with van der Waals surface area (Å²) in [5, 5.41) is 6.89. The average molecular weight is 205 g/mol. The maximum absolute atomic E-state index is 5.15. The summed E-state index contributed by atoms with van der Waals surface area (Å²) in [5.74, 6) is 1.41. The van der Waals surface area contributed by atoms with E-state index in [1.54, 1.807) is 19.4 Å². The monoisotopic (exact) mass is 205 g/mol. The van der Waals surface area contributed by atoms with E-state index in [1.807, 2.05) is 12.1 Å². The second-order valence-electron chi connectivity index (χ2n) is 2.90. The summed E-state index contributed by atoms with van der Waals surface area (Å²) in [4.78, 5) is 4.15. The Balaban J connectivity index is 2.04. The van der Waals surface area contributed by atoms with Gasteiger partial charge in [-0.15, -0.1) is 0 Å². The first-order valence-electron chi connectivity index (χ1n) is 4.52. The van der Waals surface area contributed by atoms with Crippen molar-refractivity contribution in [1.82, 2.24) is 10.1 Å². The second kappa shape index (κ2) is 4.45. The van der Waals surface area contributed by atoms with E-state index in [1.165, 1.54) is 6.26 Å². The predicted octanol–water partition coefficient (Wildman–Crippen LogP) is 1.69. The zero-order valence-electron chi connectivity index (χ0n) is 8.30. The van der Waals surface area contributed by atoms with Crippen LogP contribution in [0.4, 0.5) is 5.82 Å². The Morgan fingerprint density at radius 3 is 3.13 bits per heavy atom. The van der Waals surface area contributed by atoms with Crippen molar-refractivity contribution >= 4 is 5.82 Å². The fourth-order valence-electron chi connectivity index (χ4n) is 1.19. The largest absolute Gasteiger partial charge is 0.493 e. The number of rotatable bonds is 4. The van der Waals surface area contributed by atoms with E-state index in [9.17, 15) is 0 Å². The van der Waals surface area contributed by atoms with Gasteiger partial charge in [-0.3, -0.25) is 0 Å². The molecule has 78 valence electrons. The van der Waals surface area contributed by atoms with Crippen LogP contribution in [0.15, 0.2) is 35.2 Å². The van der Waals surface area contributed by atoms with Crippen molar-refractivity contribution in [3.05, 3.63) is 36.4 Å². The molecule has 0 atom stereocenters. The number of hydrogen-bond acceptors (Lipinski definition) is 5. The summed E-state index contributed by atoms with van der Waals surface area (Å²) in [6.45, 7) is 0.559. The van der Waals surface area contributed by atoms with Gasteiger partial charge in [-0.05, 0) is 12.1 Å². The molecular weight excluding hydrogens is 194 g/mol. The van der Waals surface area contributed by atoms with E-state index in [-0.39, 0.29) is 0 Å². The highest BCUT2D eigenvalue weighted by Gasteiger charge is 2.03. The summed E-state index contributed by atoms with van der Waals surface area (Å²) in [7, 11) is 1.61. The summed E-state index contributed by atoms with van der Waals surface area (Å²) in [6.07, 6.45) is 3.24. The van der Waals surface area contributed by atoms with Gasteiger partial charge >= 0.3 is 0 Å². The third-order valence-corrected chi connectivity index (χ3v) is 1.92. The average Bonchev–Trinajstić information content (AvgIpc) is 2.79. The summed E-state index contributed by atoms with van der Waals surface area (Å²) >= 11 is 0. The molecule has 0 spiro atoms. The number of pyridine rings is 1. The maximum Gasteiger partial charge on any atom is 0.169 e. The zero-order chi connectivity index (χ0) is 10.5. The van der Waals surface area contributed by atoms with Gasteiger partial charge in [0.15, 0.2) is 11.6 Å². The molecular formula is C10H11N3O2. The van der Waals surface area contributed by atoms with Crippen molar-refractivity contribution in [2.45, 2.75) is 6.54 Å². The van der Waals surface area contributed by atoms with Crippen molar-refractivity contribution in [2.75, 3.05) is 12.4 Å². The molecule has 5 heteroatoms. The number of nitrogens with zero attached hydrogens (tertiary/aromatic N) is 2. The van der Waals surface area contributed by atoms with Crippen LogP contribution < -0.4 is 10.1 Å². The third-order valence-electron chi connectivity index (χ3n) is 1.92. The summed E-state index contributed by atoms with van der Waals surface area (Å²) < 4.78 is 9.86. The molecule has 5 nitrogen and oxygen atoms in total. The molecule has 0 aromatic carbocycles. The van der Waals surface area contributed by atoms with Crippen LogP contribution in [0.1, 0.15) is 5.69 Å². The molecule has 0 radical (unpaired) electrons. The van der Waals surface area contributed by atoms with Crippen LogP contribution in [0.5, 0.6) is 5.75 Å². The van der Waals surface area contributed by atoms with Gasteiger partial charge in [0.25, 0.3) is 0 Å². The molecule has 2 aromatic heterocycles. The molecule has 2 heterocycles. The molecule has 0 bridgehead atoms. The van der Waals surface area contributed by atoms with Gasteiger partial charge in [-0.25, -0.2) is 4.98 Å². The third kappa shape index (κ3) is 2.25. The number of methoxy groups -OCH3 is 1. The van der Waals surface area contributed by atoms with Crippen molar-refractivity contribution in [3.8, 4) is 5.75 Å². The van der Waals surface area contributed by atoms with Crippen molar-refractivity contribution in [2.24, 2.45) is 0 Å². The molecule has 0 aliphatic carbocycles. The smallest absolute Gasteiger partial charge is 0.169 e. The number of ether oxygens (including phenoxy) is 1. The normalized spacial score (nSPS) is 9.93. The molecule has 0 saturated heterocycles. The standard InChI is InChI=1S/C10H11N3O2/c1-14-9-3-2-5-11-10(9)12-7-8-4-6-15-13-8/h2-6H,7H2,1H3,(H,11,12). The Hall–Kier alpha value is -2.04. The Bertz CT molecular complexity index is 414. The van der Waals surface area contributed by atoms with Gasteiger partial charge in [-0.1, -0.05) is 5.16 Å². The molecule has 0 fully saturated rings. The van der Waals surface area contributed by atoms with E-state index >= 15 is 0 Å². The summed E-state index contributed by atoms with van der Waals surface area (Å²) in [6, 6.07) is 5.46. The molecule has 1 N–H and O–H groups in total. The molecule has 0 saturated carbocycles. The fourth-order valence-corrected chi connectivity index (χ4v) is 1.19. The van der Waals surface area contributed by atoms with E-state index in [4.69, 9.17) is 9.26 Å². The molecule has 2 rings (SSSR count). The Kier molecular flexibility index (Phi) is 2.82. The van der Waals surface area contributed by atoms with Gasteiger partial charge in [-0.2, -0.15) is 0 Å². The van der Waals surface area contributed by atoms with Gasteiger partial charge in [0, 0.05) is 12.3 Å². The van der Waals surface area contributed by atoms with Crippen LogP contribution in [0.2, 0.25) is 0 Å². The lowest BCUT2D eigenvalue weighted by molar-refractivity contribution is 0.410. The quantitative estimate of drug-likeness (QED) is 0.823. The van der Waals surface area contributed by atoms with Crippen LogP contribution in [0.25, 0.3) is 0 Å². The van der Waals surface area contributed by atoms with Crippen LogP contribution in [-0.4, -0.2) is 17.3 Å². The predicted molar refractivity (Wildman–Crippen MR) is 54.6 cm³/mol. The maximum atomic E-state index is 5.15. The molecule has 0 aliphatic rings. The summed E-state index contributed by atoms with van der Waals surface area (Å²) in [5.41, 5.74) is 0.822. The van der Waals surface area contributed by atoms with Gasteiger partial charge < -0.3 is 14.6 Å². The highest BCUT2D eigenvalue weighted by Crippen LogP contribution is 2.20. The van der Waals surface area contributed by atoms with Crippen LogP contribution in [0.3, 0.4) is 0 Å². The first kappa shape index (κ1) is 9.51. The van der Waals surface area contributed by atoms with Crippen molar-refractivity contribution < 1.29 is 9.26 Å². The highest BCUT2D eigenvalue weighted by atomic mass is 16.5. The van der Waals surface area contributed by atoms with Crippen LogP contribution in [0, 0.1) is 0 Å². The lowest BCUT2D eigenvalue weighted by atomic mass is 10.4. The number of aromatic nitrogens is 2. The molecule has 0 unspecified atom stereocenters. The van der Waals surface area contributed by atoms with Gasteiger partial charge in [0.2, 0.25) is 0 Å². The van der Waals surface area contributed by atoms with E-state index in [0.29, 0.717) is 18.1 Å². The Morgan fingerprint density at radius 2 is 2.40 bits per heavy atom. The number of anilines is 1. The van der Waals surface area contributed by atoms with Gasteiger partial charge in [0.1, 0.15) is 12.0 Å². The molecule has 0 aliphatic heterocycles. The zero-order valence-corrected chi connectivity index (χ0v) is 8.30. The van der Waals surface area contributed by atoms with Crippen LogP contribution in [-0.2, 0) is 6.54 Å². The van der Waals surface area contributed by atoms with Crippen LogP contribution >= 0.6 is 0 Å². The molecule has 15 heavy (non-hydrogen) atoms. The SMILES string of the molecule is COc1cccnc1NCc1ccon1. The highest BCUT2D eigenvalue weighted by molar-refractivity contribution is 5.49. The minimum atomic E-state index is 0.559. The Labute approximate surface area is 87.1 Å². The molecule has 0 amide bonds.